The molecule has 4 rings (SSSR count). The lowest BCUT2D eigenvalue weighted by atomic mass is 10.0. The Balaban J connectivity index is 1.51. The van der Waals surface area contributed by atoms with E-state index in [1.165, 1.54) is 13.2 Å². The largest absolute Gasteiger partial charge is 0.494 e. The van der Waals surface area contributed by atoms with E-state index in [2.05, 4.69) is 0 Å². The summed E-state index contributed by atoms with van der Waals surface area (Å²) in [6, 6.07) is 10.6. The predicted molar refractivity (Wildman–Crippen MR) is 102 cm³/mol. The maximum atomic E-state index is 13.9. The molecule has 2 aliphatic heterocycles. The first-order valence-corrected chi connectivity index (χ1v) is 9.67. The first kappa shape index (κ1) is 18.6. The summed E-state index contributed by atoms with van der Waals surface area (Å²) in [5.41, 5.74) is 1.70. The number of amides is 1. The van der Waals surface area contributed by atoms with Crippen LogP contribution in [0.2, 0.25) is 0 Å². The molecule has 0 saturated carbocycles. The fraction of sp³-hybridized carbons (Fsp3) is 0.409. The molecule has 28 heavy (non-hydrogen) atoms. The molecule has 0 bridgehead atoms. The van der Waals surface area contributed by atoms with Crippen molar-refractivity contribution in [2.75, 3.05) is 26.9 Å². The molecule has 2 aromatic rings. The van der Waals surface area contributed by atoms with Crippen LogP contribution in [0, 0.1) is 5.82 Å². The van der Waals surface area contributed by atoms with E-state index in [-0.39, 0.29) is 24.1 Å². The second-order valence-electron chi connectivity index (χ2n) is 7.15. The lowest BCUT2D eigenvalue weighted by Gasteiger charge is -2.26. The minimum Gasteiger partial charge on any atom is -0.494 e. The number of carbonyl (C=O) groups is 1. The van der Waals surface area contributed by atoms with Crippen LogP contribution in [-0.4, -0.2) is 37.7 Å². The van der Waals surface area contributed by atoms with Gasteiger partial charge in [0.2, 0.25) is 5.91 Å². The molecule has 1 amide bonds. The molecule has 0 spiro atoms. The number of ether oxygens (including phenoxy) is 3. The molecule has 1 saturated heterocycles. The van der Waals surface area contributed by atoms with Gasteiger partial charge in [0.25, 0.3) is 0 Å². The first-order chi connectivity index (χ1) is 13.7. The van der Waals surface area contributed by atoms with Crippen LogP contribution in [0.1, 0.15) is 36.4 Å². The Morgan fingerprint density at radius 2 is 1.96 bits per heavy atom. The Morgan fingerprint density at radius 1 is 1.14 bits per heavy atom. The number of likely N-dealkylation sites (tertiary alicyclic amines) is 1. The predicted octanol–water partition coefficient (Wildman–Crippen LogP) is 3.90. The summed E-state index contributed by atoms with van der Waals surface area (Å²) in [5.74, 6) is 1.23. The normalized spacial score (nSPS) is 18.6. The molecule has 2 heterocycles. The molecule has 148 valence electrons. The lowest BCUT2D eigenvalue weighted by molar-refractivity contribution is -0.131. The summed E-state index contributed by atoms with van der Waals surface area (Å²) in [6.07, 6.45) is 2.88. The Labute approximate surface area is 164 Å². The van der Waals surface area contributed by atoms with Crippen molar-refractivity contribution in [2.24, 2.45) is 0 Å². The zero-order chi connectivity index (χ0) is 19.5. The highest BCUT2D eigenvalue weighted by atomic mass is 19.1. The zero-order valence-corrected chi connectivity index (χ0v) is 15.9. The van der Waals surface area contributed by atoms with E-state index >= 15 is 0 Å². The summed E-state index contributed by atoms with van der Waals surface area (Å²) < 4.78 is 30.4. The number of hydrogen-bond donors (Lipinski definition) is 0. The van der Waals surface area contributed by atoms with Gasteiger partial charge in [0.1, 0.15) is 0 Å². The fourth-order valence-corrected chi connectivity index (χ4v) is 3.89. The van der Waals surface area contributed by atoms with E-state index in [1.807, 2.05) is 23.1 Å². The summed E-state index contributed by atoms with van der Waals surface area (Å²) in [7, 11) is 1.42. The van der Waals surface area contributed by atoms with Gasteiger partial charge >= 0.3 is 0 Å². The van der Waals surface area contributed by atoms with E-state index in [9.17, 15) is 9.18 Å². The highest BCUT2D eigenvalue weighted by molar-refractivity contribution is 5.79. The first-order valence-electron chi connectivity index (χ1n) is 9.67. The number of carbonyl (C=O) groups excluding carboxylic acids is 1. The summed E-state index contributed by atoms with van der Waals surface area (Å²) in [6.45, 7) is 1.99. The van der Waals surface area contributed by atoms with Gasteiger partial charge in [-0.2, -0.15) is 0 Å². The van der Waals surface area contributed by atoms with Gasteiger partial charge in [-0.25, -0.2) is 4.39 Å². The molecular formula is C22H24FNO4. The minimum absolute atomic E-state index is 0.000761. The fourth-order valence-electron chi connectivity index (χ4n) is 3.89. The standard InChI is InChI=1S/C22H24FNO4/c1-26-19-7-5-15(12-17(19)23)13-22(25)24-9-2-4-18(24)16-6-8-20-21(14-16)28-11-3-10-27-20/h5-8,12,14,18H,2-4,9-11,13H2,1H3/t18-/m0/s1. The average Bonchev–Trinajstić information content (AvgIpc) is 3.07. The number of nitrogens with zero attached hydrogens (tertiary/aromatic N) is 1. The average molecular weight is 385 g/mol. The molecule has 6 heteroatoms. The zero-order valence-electron chi connectivity index (χ0n) is 15.9. The van der Waals surface area contributed by atoms with Crippen molar-refractivity contribution in [1.82, 2.24) is 4.90 Å². The third-order valence-electron chi connectivity index (χ3n) is 5.30. The quantitative estimate of drug-likeness (QED) is 0.801. The molecule has 1 atom stereocenters. The molecule has 0 aliphatic carbocycles. The monoisotopic (exact) mass is 385 g/mol. The van der Waals surface area contributed by atoms with Crippen LogP contribution < -0.4 is 14.2 Å². The maximum Gasteiger partial charge on any atom is 0.227 e. The number of rotatable bonds is 4. The van der Waals surface area contributed by atoms with Crippen LogP contribution in [0.5, 0.6) is 17.2 Å². The Kier molecular flexibility index (Phi) is 5.37. The smallest absolute Gasteiger partial charge is 0.227 e. The second kappa shape index (κ2) is 8.09. The lowest BCUT2D eigenvalue weighted by Crippen LogP contribution is -2.31. The van der Waals surface area contributed by atoms with Crippen molar-refractivity contribution in [3.63, 3.8) is 0 Å². The van der Waals surface area contributed by atoms with Crippen molar-refractivity contribution in [3.8, 4) is 17.2 Å². The van der Waals surface area contributed by atoms with E-state index in [0.717, 1.165) is 36.3 Å². The molecular weight excluding hydrogens is 361 g/mol. The van der Waals surface area contributed by atoms with Gasteiger partial charge < -0.3 is 19.1 Å². The van der Waals surface area contributed by atoms with Crippen molar-refractivity contribution < 1.29 is 23.4 Å². The van der Waals surface area contributed by atoms with Crippen molar-refractivity contribution in [1.29, 1.82) is 0 Å². The van der Waals surface area contributed by atoms with E-state index < -0.39 is 5.82 Å². The van der Waals surface area contributed by atoms with E-state index in [4.69, 9.17) is 14.2 Å². The van der Waals surface area contributed by atoms with E-state index in [0.29, 0.717) is 25.3 Å². The molecule has 0 aromatic heterocycles. The van der Waals surface area contributed by atoms with E-state index in [1.54, 1.807) is 12.1 Å². The number of benzene rings is 2. The molecule has 2 aromatic carbocycles. The third-order valence-corrected chi connectivity index (χ3v) is 5.30. The highest BCUT2D eigenvalue weighted by Gasteiger charge is 2.30. The Morgan fingerprint density at radius 3 is 2.75 bits per heavy atom. The topological polar surface area (TPSA) is 48.0 Å². The van der Waals surface area contributed by atoms with Gasteiger partial charge in [0.15, 0.2) is 23.1 Å². The maximum absolute atomic E-state index is 13.9. The molecule has 0 N–H and O–H groups in total. The van der Waals surface area contributed by atoms with Crippen molar-refractivity contribution in [3.05, 3.63) is 53.3 Å². The second-order valence-corrected chi connectivity index (χ2v) is 7.15. The SMILES string of the molecule is COc1ccc(CC(=O)N2CCC[C@H]2c2ccc3c(c2)OCCCO3)cc1F. The summed E-state index contributed by atoms with van der Waals surface area (Å²) >= 11 is 0. The summed E-state index contributed by atoms with van der Waals surface area (Å²) in [4.78, 5) is 14.8. The van der Waals surface area contributed by atoms with Crippen LogP contribution in [-0.2, 0) is 11.2 Å². The van der Waals surface area contributed by atoms with Gasteiger partial charge in [-0.3, -0.25) is 4.79 Å². The molecule has 1 fully saturated rings. The van der Waals surface area contributed by atoms with Crippen LogP contribution in [0.25, 0.3) is 0 Å². The van der Waals surface area contributed by atoms with Crippen LogP contribution >= 0.6 is 0 Å². The Hall–Kier alpha value is -2.76. The van der Waals surface area contributed by atoms with Crippen LogP contribution in [0.15, 0.2) is 36.4 Å². The molecule has 5 nitrogen and oxygen atoms in total. The number of fused-ring (bicyclic) bond motifs is 1. The van der Waals surface area contributed by atoms with Gasteiger partial charge in [-0.15, -0.1) is 0 Å². The number of halogens is 1. The summed E-state index contributed by atoms with van der Waals surface area (Å²) in [5, 5.41) is 0. The molecule has 2 aliphatic rings. The highest BCUT2D eigenvalue weighted by Crippen LogP contribution is 2.38. The third kappa shape index (κ3) is 3.77. The van der Waals surface area contributed by atoms with Crippen LogP contribution in [0.4, 0.5) is 4.39 Å². The molecule has 0 radical (unpaired) electrons. The number of methoxy groups -OCH3 is 1. The van der Waals surface area contributed by atoms with Crippen molar-refractivity contribution in [2.45, 2.75) is 31.7 Å². The number of hydrogen-bond acceptors (Lipinski definition) is 4. The van der Waals surface area contributed by atoms with Gasteiger partial charge in [-0.1, -0.05) is 12.1 Å². The van der Waals surface area contributed by atoms with Crippen molar-refractivity contribution >= 4 is 5.91 Å². The van der Waals surface area contributed by atoms with Gasteiger partial charge in [-0.05, 0) is 48.2 Å². The van der Waals surface area contributed by atoms with Crippen LogP contribution in [0.3, 0.4) is 0 Å². The minimum atomic E-state index is -0.450. The van der Waals surface area contributed by atoms with Gasteiger partial charge in [0, 0.05) is 13.0 Å². The Bertz CT molecular complexity index is 870. The molecule has 0 unspecified atom stereocenters. The van der Waals surface area contributed by atoms with Gasteiger partial charge in [0.05, 0.1) is 32.8 Å².